The summed E-state index contributed by atoms with van der Waals surface area (Å²) in [6, 6.07) is 15.7. The summed E-state index contributed by atoms with van der Waals surface area (Å²) in [6.45, 7) is 1.51. The average molecular weight is 582 g/mol. The van der Waals surface area contributed by atoms with Crippen LogP contribution in [0.15, 0.2) is 65.1 Å². The van der Waals surface area contributed by atoms with Gasteiger partial charge in [-0.15, -0.1) is 0 Å². The van der Waals surface area contributed by atoms with Gasteiger partial charge in [-0.1, -0.05) is 12.1 Å². The Balaban J connectivity index is 1.56. The summed E-state index contributed by atoms with van der Waals surface area (Å²) >= 11 is 0. The maximum atomic E-state index is 13.6. The van der Waals surface area contributed by atoms with Crippen molar-refractivity contribution in [3.63, 3.8) is 0 Å². The number of hydrogen-bond acceptors (Lipinski definition) is 5. The number of furan rings is 1. The molecule has 1 fully saturated rings. The molecule has 7 nitrogen and oxygen atoms in total. The minimum atomic E-state index is -3.60. The first-order valence-corrected chi connectivity index (χ1v) is 15.4. The smallest absolute Gasteiger partial charge is 0.232 e. The maximum Gasteiger partial charge on any atom is 0.232 e. The fraction of sp³-hybridized carbons (Fsp3) is 0.323. The molecule has 10 heteroatoms. The van der Waals surface area contributed by atoms with Gasteiger partial charge in [-0.25, -0.2) is 17.2 Å². The predicted octanol–water partition coefficient (Wildman–Crippen LogP) is 5.44. The summed E-state index contributed by atoms with van der Waals surface area (Å²) in [6.07, 6.45) is 2.85. The second-order valence-electron chi connectivity index (χ2n) is 10.6. The van der Waals surface area contributed by atoms with Crippen LogP contribution in [0.2, 0.25) is 0 Å². The highest BCUT2D eigenvalue weighted by Gasteiger charge is 2.30. The van der Waals surface area contributed by atoms with Crippen molar-refractivity contribution < 1.29 is 26.4 Å². The van der Waals surface area contributed by atoms with E-state index in [4.69, 9.17) is 4.42 Å². The van der Waals surface area contributed by atoms with Gasteiger partial charge in [0.1, 0.15) is 23.0 Å². The van der Waals surface area contributed by atoms with Crippen LogP contribution in [0.3, 0.4) is 0 Å². The van der Waals surface area contributed by atoms with Gasteiger partial charge in [0.25, 0.3) is 0 Å². The molecule has 0 bridgehead atoms. The van der Waals surface area contributed by atoms with Crippen molar-refractivity contribution in [2.45, 2.75) is 31.7 Å². The lowest BCUT2D eigenvalue weighted by molar-refractivity contribution is -0.131. The number of carbonyl (C=O) groups excluding carboxylic acids is 1. The molecule has 0 aliphatic carbocycles. The summed E-state index contributed by atoms with van der Waals surface area (Å²) < 4.78 is 59.9. The summed E-state index contributed by atoms with van der Waals surface area (Å²) in [7, 11) is -0.266. The van der Waals surface area contributed by atoms with Crippen LogP contribution < -0.4 is 9.62 Å². The summed E-state index contributed by atoms with van der Waals surface area (Å²) in [5.74, 6) is -0.291. The van der Waals surface area contributed by atoms with Gasteiger partial charge in [0.2, 0.25) is 15.9 Å². The number of nitrogens with zero attached hydrogens (tertiary/aromatic N) is 2. The fourth-order valence-electron chi connectivity index (χ4n) is 5.51. The van der Waals surface area contributed by atoms with E-state index in [1.165, 1.54) is 35.6 Å². The van der Waals surface area contributed by atoms with Crippen LogP contribution in [0.5, 0.6) is 0 Å². The number of anilines is 1. The number of fused-ring (bicyclic) bond motifs is 1. The standard InChI is InChI=1S/C31H33F2N3O4S/c1-34-18-27-26-16-25(22-5-4-14-36(19-22)30(37)15-20-6-10-23(32)11-7-20)28(35(2)41(3,38)39)17-29(26)40-31(27)21-8-12-24(33)13-9-21/h6-13,16-17,22,34H,4-5,14-15,18-19H2,1-3H3/t22-/m1/s1. The molecule has 1 amide bonds. The number of amides is 1. The Morgan fingerprint density at radius 1 is 1.07 bits per heavy atom. The predicted molar refractivity (Wildman–Crippen MR) is 156 cm³/mol. The second-order valence-corrected chi connectivity index (χ2v) is 12.6. The number of piperidine rings is 1. The first kappa shape index (κ1) is 28.8. The first-order chi connectivity index (χ1) is 19.5. The van der Waals surface area contributed by atoms with E-state index in [1.54, 1.807) is 35.2 Å². The van der Waals surface area contributed by atoms with Crippen molar-refractivity contribution in [2.75, 3.05) is 37.7 Å². The highest BCUT2D eigenvalue weighted by Crippen LogP contribution is 2.42. The van der Waals surface area contributed by atoms with Crippen LogP contribution in [-0.4, -0.2) is 52.7 Å². The Morgan fingerprint density at radius 3 is 2.37 bits per heavy atom. The second kappa shape index (κ2) is 11.6. The zero-order valence-electron chi connectivity index (χ0n) is 23.3. The monoisotopic (exact) mass is 581 g/mol. The minimum absolute atomic E-state index is 0.0572. The number of likely N-dealkylation sites (tertiary alicyclic amines) is 1. The molecular formula is C31H33F2N3O4S. The van der Waals surface area contributed by atoms with Crippen molar-refractivity contribution in [2.24, 2.45) is 0 Å². The Labute approximate surface area is 238 Å². The van der Waals surface area contributed by atoms with Crippen LogP contribution in [0.4, 0.5) is 14.5 Å². The van der Waals surface area contributed by atoms with Crippen LogP contribution in [-0.2, 0) is 27.8 Å². The van der Waals surface area contributed by atoms with E-state index >= 15 is 0 Å². The van der Waals surface area contributed by atoms with E-state index in [0.29, 0.717) is 42.2 Å². The highest BCUT2D eigenvalue weighted by molar-refractivity contribution is 7.92. The first-order valence-electron chi connectivity index (χ1n) is 13.5. The lowest BCUT2D eigenvalue weighted by Crippen LogP contribution is -2.40. The normalized spacial score (nSPS) is 15.8. The molecule has 3 aromatic carbocycles. The lowest BCUT2D eigenvalue weighted by atomic mass is 9.88. The molecule has 4 aromatic rings. The molecule has 41 heavy (non-hydrogen) atoms. The fourth-order valence-corrected chi connectivity index (χ4v) is 6.03. The van der Waals surface area contributed by atoms with E-state index in [1.807, 2.05) is 13.1 Å². The molecule has 1 atom stereocenters. The highest BCUT2D eigenvalue weighted by atomic mass is 32.2. The van der Waals surface area contributed by atoms with E-state index in [0.717, 1.165) is 41.2 Å². The van der Waals surface area contributed by atoms with Crippen LogP contribution in [0, 0.1) is 11.6 Å². The van der Waals surface area contributed by atoms with Gasteiger partial charge >= 0.3 is 0 Å². The van der Waals surface area contributed by atoms with Crippen molar-refractivity contribution in [3.05, 3.63) is 89.0 Å². The summed E-state index contributed by atoms with van der Waals surface area (Å²) in [5, 5.41) is 4.00. The molecule has 1 aliphatic heterocycles. The zero-order valence-corrected chi connectivity index (χ0v) is 24.1. The van der Waals surface area contributed by atoms with Crippen LogP contribution in [0.25, 0.3) is 22.3 Å². The maximum absolute atomic E-state index is 13.6. The number of halogens is 2. The number of hydrogen-bond donors (Lipinski definition) is 1. The van der Waals surface area contributed by atoms with Crippen LogP contribution in [0.1, 0.15) is 35.4 Å². The largest absolute Gasteiger partial charge is 0.456 e. The topological polar surface area (TPSA) is 82.9 Å². The Kier molecular flexibility index (Phi) is 8.15. The van der Waals surface area contributed by atoms with Crippen molar-refractivity contribution in [1.29, 1.82) is 0 Å². The molecule has 1 aliphatic rings. The van der Waals surface area contributed by atoms with Gasteiger partial charge in [0, 0.05) is 55.2 Å². The molecule has 1 aromatic heterocycles. The molecular weight excluding hydrogens is 548 g/mol. The number of nitrogens with one attached hydrogen (secondary N) is 1. The van der Waals surface area contributed by atoms with Gasteiger partial charge in [0.05, 0.1) is 18.4 Å². The van der Waals surface area contributed by atoms with E-state index in [-0.39, 0.29) is 29.9 Å². The Bertz CT molecular complexity index is 1670. The quantitative estimate of drug-likeness (QED) is 0.300. The molecule has 216 valence electrons. The molecule has 2 heterocycles. The number of sulfonamides is 1. The Hall–Kier alpha value is -3.76. The molecule has 0 spiro atoms. The SMILES string of the molecule is CNCc1c(-c2ccc(F)cc2)oc2cc(N(C)S(C)(=O)=O)c([C@@H]3CCCN(C(=O)Cc4ccc(F)cc4)C3)cc12. The zero-order chi connectivity index (χ0) is 29.3. The van der Waals surface area contributed by atoms with Gasteiger partial charge in [-0.3, -0.25) is 9.10 Å². The third-order valence-electron chi connectivity index (χ3n) is 7.72. The number of benzene rings is 3. The van der Waals surface area contributed by atoms with Crippen molar-refractivity contribution >= 4 is 32.6 Å². The third-order valence-corrected chi connectivity index (χ3v) is 8.91. The van der Waals surface area contributed by atoms with Crippen LogP contribution >= 0.6 is 0 Å². The molecule has 5 rings (SSSR count). The lowest BCUT2D eigenvalue weighted by Gasteiger charge is -2.35. The molecule has 1 saturated heterocycles. The summed E-state index contributed by atoms with van der Waals surface area (Å²) in [5.41, 5.74) is 4.15. The molecule has 0 saturated carbocycles. The number of rotatable bonds is 8. The van der Waals surface area contributed by atoms with Gasteiger partial charge in [-0.2, -0.15) is 0 Å². The van der Waals surface area contributed by atoms with Gasteiger partial charge < -0.3 is 14.6 Å². The Morgan fingerprint density at radius 2 is 1.73 bits per heavy atom. The third kappa shape index (κ3) is 6.13. The minimum Gasteiger partial charge on any atom is -0.456 e. The molecule has 0 unspecified atom stereocenters. The van der Waals surface area contributed by atoms with E-state index in [9.17, 15) is 22.0 Å². The van der Waals surface area contributed by atoms with Gasteiger partial charge in [0.15, 0.2) is 0 Å². The van der Waals surface area contributed by atoms with E-state index < -0.39 is 10.0 Å². The van der Waals surface area contributed by atoms with Crippen molar-refractivity contribution in [3.8, 4) is 11.3 Å². The van der Waals surface area contributed by atoms with Crippen molar-refractivity contribution in [1.82, 2.24) is 10.2 Å². The number of carbonyl (C=O) groups is 1. The molecule has 0 radical (unpaired) electrons. The molecule has 1 N–H and O–H groups in total. The van der Waals surface area contributed by atoms with Gasteiger partial charge in [-0.05, 0) is 73.5 Å². The summed E-state index contributed by atoms with van der Waals surface area (Å²) in [4.78, 5) is 15.0. The average Bonchev–Trinajstić information content (AvgIpc) is 3.30. The van der Waals surface area contributed by atoms with E-state index in [2.05, 4.69) is 5.32 Å².